The smallest absolute Gasteiger partial charge is 0.237 e. The SMILES string of the molecule is CC1CCC(F)C2CC(C(=O)NC3CNCC(N4CCN(C)CC4)C3)NC12. The highest BCUT2D eigenvalue weighted by atomic mass is 19.1. The van der Waals surface area contributed by atoms with Crippen molar-refractivity contribution in [1.82, 2.24) is 25.8 Å². The molecule has 4 rings (SSSR count). The number of hydrogen-bond acceptors (Lipinski definition) is 5. The molecule has 0 radical (unpaired) electrons. The van der Waals surface area contributed by atoms with Gasteiger partial charge in [-0.3, -0.25) is 9.69 Å². The van der Waals surface area contributed by atoms with Crippen LogP contribution in [0.4, 0.5) is 4.39 Å². The molecule has 3 N–H and O–H groups in total. The summed E-state index contributed by atoms with van der Waals surface area (Å²) in [4.78, 5) is 17.8. The number of carbonyl (C=O) groups excluding carboxylic acids is 1. The zero-order valence-corrected chi connectivity index (χ0v) is 16.8. The topological polar surface area (TPSA) is 59.6 Å². The lowest BCUT2D eigenvalue weighted by molar-refractivity contribution is -0.123. The maximum atomic E-state index is 14.3. The van der Waals surface area contributed by atoms with Gasteiger partial charge in [0, 0.05) is 63.3 Å². The van der Waals surface area contributed by atoms with Crippen LogP contribution in [0.1, 0.15) is 32.6 Å². The van der Waals surface area contributed by atoms with E-state index in [1.807, 2.05) is 0 Å². The molecule has 4 fully saturated rings. The van der Waals surface area contributed by atoms with Crippen molar-refractivity contribution < 1.29 is 9.18 Å². The zero-order valence-electron chi connectivity index (χ0n) is 16.8. The van der Waals surface area contributed by atoms with Gasteiger partial charge < -0.3 is 20.9 Å². The number of rotatable bonds is 3. The van der Waals surface area contributed by atoms with Crippen molar-refractivity contribution in [3.63, 3.8) is 0 Å². The second kappa shape index (κ2) is 8.31. The number of alkyl halides is 1. The molecular weight excluding hydrogens is 345 g/mol. The number of halogens is 1. The molecule has 0 spiro atoms. The Balaban J connectivity index is 1.29. The molecule has 3 heterocycles. The van der Waals surface area contributed by atoms with Gasteiger partial charge in [-0.2, -0.15) is 0 Å². The fraction of sp³-hybridized carbons (Fsp3) is 0.950. The number of carbonyl (C=O) groups is 1. The predicted molar refractivity (Wildman–Crippen MR) is 104 cm³/mol. The molecule has 3 aliphatic heterocycles. The zero-order chi connectivity index (χ0) is 19.0. The van der Waals surface area contributed by atoms with Crippen LogP contribution in [0.3, 0.4) is 0 Å². The lowest BCUT2D eigenvalue weighted by Gasteiger charge is -2.42. The normalized spacial score (nSPS) is 44.0. The Morgan fingerprint density at radius 1 is 1.11 bits per heavy atom. The highest BCUT2D eigenvalue weighted by molar-refractivity contribution is 5.82. The number of hydrogen-bond donors (Lipinski definition) is 3. The van der Waals surface area contributed by atoms with E-state index in [-0.39, 0.29) is 30.0 Å². The number of likely N-dealkylation sites (N-methyl/N-ethyl adjacent to an activating group) is 1. The molecule has 0 aromatic carbocycles. The average molecular weight is 382 g/mol. The Hall–Kier alpha value is -0.760. The van der Waals surface area contributed by atoms with Gasteiger partial charge in [0.15, 0.2) is 0 Å². The molecule has 7 heteroatoms. The van der Waals surface area contributed by atoms with E-state index in [2.05, 4.69) is 39.7 Å². The van der Waals surface area contributed by atoms with Crippen LogP contribution >= 0.6 is 0 Å². The molecule has 4 aliphatic rings. The molecule has 3 saturated heterocycles. The van der Waals surface area contributed by atoms with Crippen molar-refractivity contribution in [2.24, 2.45) is 11.8 Å². The number of piperidine rings is 1. The molecule has 1 aliphatic carbocycles. The van der Waals surface area contributed by atoms with Crippen molar-refractivity contribution in [3.8, 4) is 0 Å². The molecule has 1 saturated carbocycles. The van der Waals surface area contributed by atoms with Crippen LogP contribution in [0.15, 0.2) is 0 Å². The van der Waals surface area contributed by atoms with E-state index in [9.17, 15) is 9.18 Å². The van der Waals surface area contributed by atoms with Crippen LogP contribution in [0.5, 0.6) is 0 Å². The number of piperazine rings is 1. The molecule has 0 bridgehead atoms. The van der Waals surface area contributed by atoms with Crippen LogP contribution < -0.4 is 16.0 Å². The van der Waals surface area contributed by atoms with Gasteiger partial charge >= 0.3 is 0 Å². The summed E-state index contributed by atoms with van der Waals surface area (Å²) in [6, 6.07) is 0.584. The minimum atomic E-state index is -0.755. The molecular formula is C20H36FN5O. The monoisotopic (exact) mass is 381 g/mol. The Labute approximate surface area is 162 Å². The maximum Gasteiger partial charge on any atom is 0.237 e. The van der Waals surface area contributed by atoms with Crippen molar-refractivity contribution in [2.45, 2.75) is 62.9 Å². The second-order valence-electron chi connectivity index (χ2n) is 9.31. The van der Waals surface area contributed by atoms with E-state index < -0.39 is 6.17 Å². The predicted octanol–water partition coefficient (Wildman–Crippen LogP) is 0.195. The fourth-order valence-corrected chi connectivity index (χ4v) is 5.60. The first-order valence-corrected chi connectivity index (χ1v) is 10.8. The van der Waals surface area contributed by atoms with Crippen molar-refractivity contribution >= 4 is 5.91 Å². The van der Waals surface area contributed by atoms with Crippen LogP contribution in [0.25, 0.3) is 0 Å². The van der Waals surface area contributed by atoms with Crippen LogP contribution in [0.2, 0.25) is 0 Å². The summed E-state index contributed by atoms with van der Waals surface area (Å²) < 4.78 is 14.3. The summed E-state index contributed by atoms with van der Waals surface area (Å²) in [6.45, 7) is 8.46. The Morgan fingerprint density at radius 3 is 2.63 bits per heavy atom. The van der Waals surface area contributed by atoms with Gasteiger partial charge in [-0.1, -0.05) is 6.92 Å². The standard InChI is InChI=1S/C20H36FN5O/c1-13-3-4-17(21)16-10-18(24-19(13)16)20(27)23-14-9-15(12-22-11-14)26-7-5-25(2)6-8-26/h13-19,22,24H,3-12H2,1-2H3,(H,23,27). The lowest BCUT2D eigenvalue weighted by Crippen LogP contribution is -2.60. The minimum absolute atomic E-state index is 0.00655. The third-order valence-corrected chi connectivity index (χ3v) is 7.38. The fourth-order valence-electron chi connectivity index (χ4n) is 5.60. The van der Waals surface area contributed by atoms with Gasteiger partial charge in [0.1, 0.15) is 6.17 Å². The first kappa shape index (κ1) is 19.6. The van der Waals surface area contributed by atoms with Gasteiger partial charge in [0.2, 0.25) is 5.91 Å². The van der Waals surface area contributed by atoms with Gasteiger partial charge in [-0.15, -0.1) is 0 Å². The number of amides is 1. The first-order valence-electron chi connectivity index (χ1n) is 10.8. The Kier molecular flexibility index (Phi) is 6.02. The molecule has 6 nitrogen and oxygen atoms in total. The van der Waals surface area contributed by atoms with Gasteiger partial charge in [-0.05, 0) is 38.6 Å². The Morgan fingerprint density at radius 2 is 1.89 bits per heavy atom. The van der Waals surface area contributed by atoms with E-state index in [1.54, 1.807) is 0 Å². The average Bonchev–Trinajstić information content (AvgIpc) is 3.13. The van der Waals surface area contributed by atoms with Crippen molar-refractivity contribution in [3.05, 3.63) is 0 Å². The molecule has 7 atom stereocenters. The summed E-state index contributed by atoms with van der Waals surface area (Å²) in [5.41, 5.74) is 0. The van der Waals surface area contributed by atoms with Crippen LogP contribution in [0, 0.1) is 11.8 Å². The molecule has 1 amide bonds. The maximum absolute atomic E-state index is 14.3. The summed E-state index contributed by atoms with van der Waals surface area (Å²) in [5, 5.41) is 10.2. The van der Waals surface area contributed by atoms with E-state index in [1.165, 1.54) is 0 Å². The lowest BCUT2D eigenvalue weighted by atomic mass is 9.77. The summed E-state index contributed by atoms with van der Waals surface area (Å²) in [5.74, 6) is 0.527. The molecule has 27 heavy (non-hydrogen) atoms. The van der Waals surface area contributed by atoms with E-state index in [4.69, 9.17) is 0 Å². The van der Waals surface area contributed by atoms with Crippen molar-refractivity contribution in [2.75, 3.05) is 46.3 Å². The number of nitrogens with zero attached hydrogens (tertiary/aromatic N) is 2. The van der Waals surface area contributed by atoms with Gasteiger partial charge in [-0.25, -0.2) is 4.39 Å². The quantitative estimate of drug-likeness (QED) is 0.652. The van der Waals surface area contributed by atoms with Crippen LogP contribution in [-0.2, 0) is 4.79 Å². The van der Waals surface area contributed by atoms with Gasteiger partial charge in [0.25, 0.3) is 0 Å². The molecule has 0 aromatic rings. The van der Waals surface area contributed by atoms with E-state index in [0.29, 0.717) is 24.8 Å². The highest BCUT2D eigenvalue weighted by Gasteiger charge is 2.46. The summed E-state index contributed by atoms with van der Waals surface area (Å²) in [7, 11) is 2.18. The van der Waals surface area contributed by atoms with E-state index >= 15 is 0 Å². The van der Waals surface area contributed by atoms with Crippen molar-refractivity contribution in [1.29, 1.82) is 0 Å². The Bertz CT molecular complexity index is 509. The largest absolute Gasteiger partial charge is 0.351 e. The molecule has 154 valence electrons. The van der Waals surface area contributed by atoms with Crippen LogP contribution in [-0.4, -0.2) is 92.4 Å². The summed E-state index contributed by atoms with van der Waals surface area (Å²) in [6.07, 6.45) is 2.46. The molecule has 0 aromatic heterocycles. The third-order valence-electron chi connectivity index (χ3n) is 7.38. The van der Waals surface area contributed by atoms with Gasteiger partial charge in [0.05, 0.1) is 6.04 Å². The second-order valence-corrected chi connectivity index (χ2v) is 9.31. The number of nitrogens with one attached hydrogen (secondary N) is 3. The van der Waals surface area contributed by atoms with E-state index in [0.717, 1.165) is 52.1 Å². The first-order chi connectivity index (χ1) is 13.0. The molecule has 7 unspecified atom stereocenters. The summed E-state index contributed by atoms with van der Waals surface area (Å²) >= 11 is 0. The third kappa shape index (κ3) is 4.31. The number of fused-ring (bicyclic) bond motifs is 1. The minimum Gasteiger partial charge on any atom is -0.351 e. The highest BCUT2D eigenvalue weighted by Crippen LogP contribution is 2.38.